The first-order valence-corrected chi connectivity index (χ1v) is 4.48. The molecule has 0 radical (unpaired) electrons. The van der Waals surface area contributed by atoms with Crippen LogP contribution in [-0.2, 0) is 9.53 Å². The number of ether oxygens (including phenoxy) is 1. The summed E-state index contributed by atoms with van der Waals surface area (Å²) in [4.78, 5) is 20.9. The van der Waals surface area contributed by atoms with E-state index in [1.54, 1.807) is 0 Å². The predicted octanol–water partition coefficient (Wildman–Crippen LogP) is 1.49. The first kappa shape index (κ1) is 12.3. The highest BCUT2D eigenvalue weighted by Gasteiger charge is 2.13. The molecule has 0 aliphatic rings. The van der Waals surface area contributed by atoms with Crippen LogP contribution in [0.15, 0.2) is 0 Å². The number of nitrogens with two attached hydrogens (primary N) is 1. The van der Waals surface area contributed by atoms with Crippen LogP contribution < -0.4 is 5.73 Å². The molecule has 2 N–H and O–H groups in total. The van der Waals surface area contributed by atoms with Crippen molar-refractivity contribution in [3.05, 3.63) is 0 Å². The molecular formula is C8H15NO3S. The molecular weight excluding hydrogens is 190 g/mol. The number of primary amides is 1. The fraction of sp³-hybridized carbons (Fsp3) is 0.750. The van der Waals surface area contributed by atoms with Gasteiger partial charge in [0.05, 0.1) is 0 Å². The smallest absolute Gasteiger partial charge is 0.376 e. The number of rotatable bonds is 4. The van der Waals surface area contributed by atoms with E-state index < -0.39 is 12.1 Å². The van der Waals surface area contributed by atoms with Gasteiger partial charge in [-0.2, -0.15) is 12.6 Å². The van der Waals surface area contributed by atoms with Crippen LogP contribution in [0.1, 0.15) is 33.1 Å². The Bertz CT molecular complexity index is 198. The third-order valence-corrected chi connectivity index (χ3v) is 1.61. The first-order chi connectivity index (χ1) is 5.81. The quantitative estimate of drug-likeness (QED) is 0.415. The Labute approximate surface area is 83.2 Å². The summed E-state index contributed by atoms with van der Waals surface area (Å²) in [5.74, 6) is -0.579. The second-order valence-electron chi connectivity index (χ2n) is 3.46. The average Bonchev–Trinajstić information content (AvgIpc) is 1.81. The largest absolute Gasteiger partial charge is 0.412 e. The molecule has 5 heteroatoms. The molecule has 1 amide bonds. The van der Waals surface area contributed by atoms with Gasteiger partial charge >= 0.3 is 12.1 Å². The van der Waals surface area contributed by atoms with Crippen LogP contribution in [-0.4, -0.2) is 16.8 Å². The molecule has 13 heavy (non-hydrogen) atoms. The molecule has 0 unspecified atom stereocenters. The lowest BCUT2D eigenvalue weighted by Crippen LogP contribution is -2.19. The number of hydrogen-bond acceptors (Lipinski definition) is 4. The maximum atomic E-state index is 10.8. The number of hydrogen-bond donors (Lipinski definition) is 2. The van der Waals surface area contributed by atoms with E-state index in [4.69, 9.17) is 0 Å². The summed E-state index contributed by atoms with van der Waals surface area (Å²) in [5, 5.41) is 0. The monoisotopic (exact) mass is 205 g/mol. The Hall–Kier alpha value is -0.710. The van der Waals surface area contributed by atoms with E-state index in [0.29, 0.717) is 6.42 Å². The van der Waals surface area contributed by atoms with Crippen LogP contribution in [0.25, 0.3) is 0 Å². The Balaban J connectivity index is 3.54. The van der Waals surface area contributed by atoms with E-state index in [1.165, 1.54) is 0 Å². The van der Waals surface area contributed by atoms with Gasteiger partial charge in [0, 0.05) is 11.2 Å². The minimum Gasteiger partial charge on any atom is -0.376 e. The van der Waals surface area contributed by atoms with Crippen LogP contribution >= 0.6 is 12.6 Å². The van der Waals surface area contributed by atoms with E-state index in [9.17, 15) is 9.59 Å². The highest BCUT2D eigenvalue weighted by Crippen LogP contribution is 2.19. The lowest BCUT2D eigenvalue weighted by atomic mass is 10.1. The van der Waals surface area contributed by atoms with Crippen LogP contribution in [0.4, 0.5) is 4.79 Å². The molecule has 76 valence electrons. The molecule has 0 saturated carbocycles. The molecule has 0 rings (SSSR count). The summed E-state index contributed by atoms with van der Waals surface area (Å²) in [6, 6.07) is 0. The number of carbonyl (C=O) groups excluding carboxylic acids is 2. The average molecular weight is 205 g/mol. The van der Waals surface area contributed by atoms with Gasteiger partial charge in [-0.25, -0.2) is 4.79 Å². The Morgan fingerprint density at radius 1 is 1.46 bits per heavy atom. The van der Waals surface area contributed by atoms with E-state index >= 15 is 0 Å². The second kappa shape index (κ2) is 5.11. The van der Waals surface area contributed by atoms with Gasteiger partial charge in [0.25, 0.3) is 0 Å². The molecule has 0 fully saturated rings. The third-order valence-electron chi connectivity index (χ3n) is 1.38. The van der Waals surface area contributed by atoms with E-state index in [0.717, 1.165) is 6.42 Å². The topological polar surface area (TPSA) is 69.4 Å². The summed E-state index contributed by atoms with van der Waals surface area (Å²) in [6.45, 7) is 3.91. The minimum absolute atomic E-state index is 0.104. The molecule has 0 spiro atoms. The van der Waals surface area contributed by atoms with E-state index in [1.807, 2.05) is 13.8 Å². The SMILES string of the molecule is CC(C)(S)CCCC(=O)OC(N)=O. The zero-order valence-electron chi connectivity index (χ0n) is 7.87. The van der Waals surface area contributed by atoms with Crippen LogP contribution in [0, 0.1) is 0 Å². The van der Waals surface area contributed by atoms with Gasteiger partial charge in [0.1, 0.15) is 0 Å². The van der Waals surface area contributed by atoms with Crippen molar-refractivity contribution in [2.45, 2.75) is 37.9 Å². The Kier molecular flexibility index (Phi) is 4.83. The lowest BCUT2D eigenvalue weighted by Gasteiger charge is -2.15. The zero-order chi connectivity index (χ0) is 10.5. The normalized spacial score (nSPS) is 11.0. The maximum absolute atomic E-state index is 10.8. The van der Waals surface area contributed by atoms with Gasteiger partial charge in [0.2, 0.25) is 0 Å². The van der Waals surface area contributed by atoms with Gasteiger partial charge < -0.3 is 10.5 Å². The summed E-state index contributed by atoms with van der Waals surface area (Å²) in [5.41, 5.74) is 4.65. The van der Waals surface area contributed by atoms with Crippen LogP contribution in [0.5, 0.6) is 0 Å². The summed E-state index contributed by atoms with van der Waals surface area (Å²) in [6.07, 6.45) is 0.578. The zero-order valence-corrected chi connectivity index (χ0v) is 8.77. The van der Waals surface area contributed by atoms with Gasteiger partial charge in [-0.1, -0.05) is 13.8 Å². The molecule has 4 nitrogen and oxygen atoms in total. The van der Waals surface area contributed by atoms with Gasteiger partial charge in [0.15, 0.2) is 0 Å². The predicted molar refractivity (Wildman–Crippen MR) is 52.6 cm³/mol. The molecule has 0 heterocycles. The van der Waals surface area contributed by atoms with Crippen molar-refractivity contribution in [2.75, 3.05) is 0 Å². The standard InChI is InChI=1S/C8H15NO3S/c1-8(2,13)5-3-4-6(10)12-7(9)11/h13H,3-5H2,1-2H3,(H2,9,11). The number of carbonyl (C=O) groups is 2. The molecule has 0 aromatic heterocycles. The van der Waals surface area contributed by atoms with Crippen LogP contribution in [0.3, 0.4) is 0 Å². The van der Waals surface area contributed by atoms with Gasteiger partial charge in [-0.15, -0.1) is 0 Å². The maximum Gasteiger partial charge on any atom is 0.412 e. The van der Waals surface area contributed by atoms with Crippen molar-refractivity contribution in [3.8, 4) is 0 Å². The van der Waals surface area contributed by atoms with Crippen molar-refractivity contribution in [1.29, 1.82) is 0 Å². The van der Waals surface area contributed by atoms with Gasteiger partial charge in [-0.3, -0.25) is 4.79 Å². The second-order valence-corrected chi connectivity index (χ2v) is 4.67. The molecule has 0 aromatic rings. The lowest BCUT2D eigenvalue weighted by molar-refractivity contribution is -0.137. The summed E-state index contributed by atoms with van der Waals surface area (Å²) in [7, 11) is 0. The number of esters is 1. The van der Waals surface area contributed by atoms with Crippen molar-refractivity contribution in [3.63, 3.8) is 0 Å². The molecule has 0 bridgehead atoms. The Morgan fingerprint density at radius 2 is 2.00 bits per heavy atom. The summed E-state index contributed by atoms with van der Waals surface area (Å²) >= 11 is 4.28. The molecule has 0 aromatic carbocycles. The fourth-order valence-electron chi connectivity index (χ4n) is 0.829. The first-order valence-electron chi connectivity index (χ1n) is 4.04. The van der Waals surface area contributed by atoms with Crippen molar-refractivity contribution in [2.24, 2.45) is 5.73 Å². The molecule has 0 aliphatic heterocycles. The van der Waals surface area contributed by atoms with Crippen molar-refractivity contribution < 1.29 is 14.3 Å². The Morgan fingerprint density at radius 3 is 2.38 bits per heavy atom. The summed E-state index contributed by atoms with van der Waals surface area (Å²) < 4.78 is 4.04. The van der Waals surface area contributed by atoms with Crippen molar-refractivity contribution in [1.82, 2.24) is 0 Å². The third kappa shape index (κ3) is 9.20. The highest BCUT2D eigenvalue weighted by atomic mass is 32.1. The molecule has 0 aliphatic carbocycles. The van der Waals surface area contributed by atoms with Crippen molar-refractivity contribution >= 4 is 24.7 Å². The highest BCUT2D eigenvalue weighted by molar-refractivity contribution is 7.81. The molecule has 0 atom stereocenters. The number of thiol groups is 1. The van der Waals surface area contributed by atoms with E-state index in [2.05, 4.69) is 23.1 Å². The van der Waals surface area contributed by atoms with Crippen LogP contribution in [0.2, 0.25) is 0 Å². The fourth-order valence-corrected chi connectivity index (χ4v) is 0.987. The minimum atomic E-state index is -1.05. The number of amides is 1. The van der Waals surface area contributed by atoms with Gasteiger partial charge in [-0.05, 0) is 12.8 Å². The molecule has 0 saturated heterocycles. The van der Waals surface area contributed by atoms with E-state index in [-0.39, 0.29) is 11.2 Å².